The van der Waals surface area contributed by atoms with Crippen LogP contribution in [0.5, 0.6) is 0 Å². The van der Waals surface area contributed by atoms with Crippen molar-refractivity contribution in [3.63, 3.8) is 0 Å². The Morgan fingerprint density at radius 2 is 2.28 bits per heavy atom. The molecule has 5 nitrogen and oxygen atoms in total. The van der Waals surface area contributed by atoms with Gasteiger partial charge in [-0.25, -0.2) is 0 Å². The Morgan fingerprint density at radius 3 is 2.89 bits per heavy atom. The zero-order chi connectivity index (χ0) is 13.4. The number of likely N-dealkylation sites (N-methyl/N-ethyl adjacent to an activating group) is 1. The monoisotopic (exact) mass is 252 g/mol. The number of aromatic nitrogens is 2. The van der Waals surface area contributed by atoms with Crippen molar-refractivity contribution in [3.8, 4) is 0 Å². The third-order valence-corrected chi connectivity index (χ3v) is 2.99. The van der Waals surface area contributed by atoms with Crippen molar-refractivity contribution in [2.24, 2.45) is 0 Å². The van der Waals surface area contributed by atoms with Crippen LogP contribution in [0.4, 0.5) is 5.69 Å². The van der Waals surface area contributed by atoms with Crippen LogP contribution in [0.25, 0.3) is 0 Å². The minimum Gasteiger partial charge on any atom is -0.380 e. The molecule has 0 fully saturated rings. The van der Waals surface area contributed by atoms with Gasteiger partial charge in [-0.2, -0.15) is 5.10 Å². The van der Waals surface area contributed by atoms with Crippen molar-refractivity contribution >= 4 is 11.6 Å². The lowest BCUT2D eigenvalue weighted by Crippen LogP contribution is -2.23. The van der Waals surface area contributed by atoms with E-state index < -0.39 is 0 Å². The van der Waals surface area contributed by atoms with E-state index in [9.17, 15) is 4.79 Å². The van der Waals surface area contributed by atoms with E-state index in [1.54, 1.807) is 17.9 Å². The molecule has 0 spiro atoms. The molecular weight excluding hydrogens is 228 g/mol. The molecule has 1 atom stereocenters. The minimum atomic E-state index is -0.0392. The standard InChI is InChI=1S/C13H24N4O/c1-4-6-7-11(5-2)16-12-8-15-17(9-12)10-13(18)14-3/h8-9,11,16H,4-7,10H2,1-3H3,(H,14,18). The van der Waals surface area contributed by atoms with E-state index in [0.29, 0.717) is 6.04 Å². The molecule has 0 bridgehead atoms. The quantitative estimate of drug-likeness (QED) is 0.744. The molecule has 0 aliphatic heterocycles. The lowest BCUT2D eigenvalue weighted by atomic mass is 10.1. The summed E-state index contributed by atoms with van der Waals surface area (Å²) in [5.74, 6) is -0.0392. The Balaban J connectivity index is 2.48. The summed E-state index contributed by atoms with van der Waals surface area (Å²) in [6.45, 7) is 4.65. The summed E-state index contributed by atoms with van der Waals surface area (Å²) in [4.78, 5) is 11.2. The van der Waals surface area contributed by atoms with Crippen LogP contribution in [-0.4, -0.2) is 28.8 Å². The molecule has 1 amide bonds. The molecule has 1 heterocycles. The number of amides is 1. The van der Waals surface area contributed by atoms with Gasteiger partial charge in [0.25, 0.3) is 0 Å². The van der Waals surface area contributed by atoms with Crippen LogP contribution in [0.2, 0.25) is 0 Å². The van der Waals surface area contributed by atoms with Crippen LogP contribution >= 0.6 is 0 Å². The normalized spacial score (nSPS) is 12.2. The molecule has 5 heteroatoms. The van der Waals surface area contributed by atoms with Crippen molar-refractivity contribution in [1.29, 1.82) is 0 Å². The smallest absolute Gasteiger partial charge is 0.241 e. The molecule has 2 N–H and O–H groups in total. The zero-order valence-corrected chi connectivity index (χ0v) is 11.6. The van der Waals surface area contributed by atoms with E-state index in [0.717, 1.165) is 12.1 Å². The topological polar surface area (TPSA) is 59.0 Å². The van der Waals surface area contributed by atoms with Crippen LogP contribution in [0.3, 0.4) is 0 Å². The summed E-state index contributed by atoms with van der Waals surface area (Å²) < 4.78 is 1.65. The second-order valence-electron chi connectivity index (χ2n) is 4.49. The van der Waals surface area contributed by atoms with Gasteiger partial charge in [0.15, 0.2) is 0 Å². The number of nitrogens with one attached hydrogen (secondary N) is 2. The molecular formula is C13H24N4O. The van der Waals surface area contributed by atoms with Crippen molar-refractivity contribution in [2.75, 3.05) is 12.4 Å². The van der Waals surface area contributed by atoms with Crippen LogP contribution in [0.1, 0.15) is 39.5 Å². The van der Waals surface area contributed by atoms with Crippen molar-refractivity contribution < 1.29 is 4.79 Å². The highest BCUT2D eigenvalue weighted by Gasteiger charge is 2.08. The molecule has 0 aliphatic rings. The van der Waals surface area contributed by atoms with Crippen LogP contribution < -0.4 is 10.6 Å². The first-order valence-corrected chi connectivity index (χ1v) is 6.69. The minimum absolute atomic E-state index is 0.0392. The van der Waals surface area contributed by atoms with Gasteiger partial charge in [0.05, 0.1) is 11.9 Å². The number of carbonyl (C=O) groups is 1. The van der Waals surface area contributed by atoms with Crippen molar-refractivity contribution in [2.45, 2.75) is 52.1 Å². The number of carbonyl (C=O) groups excluding carboxylic acids is 1. The fourth-order valence-electron chi connectivity index (χ4n) is 1.82. The summed E-state index contributed by atoms with van der Waals surface area (Å²) in [5.41, 5.74) is 0.988. The Bertz CT molecular complexity index is 362. The van der Waals surface area contributed by atoms with Gasteiger partial charge in [-0.15, -0.1) is 0 Å². The molecule has 0 saturated carbocycles. The van der Waals surface area contributed by atoms with Crippen LogP contribution in [-0.2, 0) is 11.3 Å². The number of anilines is 1. The molecule has 0 radical (unpaired) electrons. The van der Waals surface area contributed by atoms with E-state index in [-0.39, 0.29) is 12.5 Å². The van der Waals surface area contributed by atoms with Crippen LogP contribution in [0.15, 0.2) is 12.4 Å². The van der Waals surface area contributed by atoms with E-state index in [2.05, 4.69) is 29.6 Å². The van der Waals surface area contributed by atoms with Gasteiger partial charge in [-0.1, -0.05) is 26.7 Å². The number of unbranched alkanes of at least 4 members (excludes halogenated alkanes) is 1. The van der Waals surface area contributed by atoms with E-state index in [1.165, 1.54) is 19.3 Å². The number of rotatable bonds is 8. The summed E-state index contributed by atoms with van der Waals surface area (Å²) in [6, 6.07) is 0.489. The van der Waals surface area contributed by atoms with Crippen LogP contribution in [0, 0.1) is 0 Å². The maximum absolute atomic E-state index is 11.2. The average Bonchev–Trinajstić information content (AvgIpc) is 2.81. The van der Waals surface area contributed by atoms with Gasteiger partial charge < -0.3 is 10.6 Å². The largest absolute Gasteiger partial charge is 0.380 e. The third kappa shape index (κ3) is 4.77. The predicted octanol–water partition coefficient (Wildman–Crippen LogP) is 2.01. The van der Waals surface area contributed by atoms with E-state index >= 15 is 0 Å². The lowest BCUT2D eigenvalue weighted by Gasteiger charge is -2.16. The first kappa shape index (κ1) is 14.5. The molecule has 0 aliphatic carbocycles. The molecule has 18 heavy (non-hydrogen) atoms. The number of hydrogen-bond donors (Lipinski definition) is 2. The first-order chi connectivity index (χ1) is 8.69. The van der Waals surface area contributed by atoms with Crippen molar-refractivity contribution in [1.82, 2.24) is 15.1 Å². The van der Waals surface area contributed by atoms with Crippen molar-refractivity contribution in [3.05, 3.63) is 12.4 Å². The van der Waals surface area contributed by atoms with Gasteiger partial charge >= 0.3 is 0 Å². The molecule has 0 aromatic carbocycles. The SMILES string of the molecule is CCCCC(CC)Nc1cnn(CC(=O)NC)c1. The van der Waals surface area contributed by atoms with Gasteiger partial charge in [-0.3, -0.25) is 9.48 Å². The Labute approximate surface area is 109 Å². The summed E-state index contributed by atoms with van der Waals surface area (Å²) in [5, 5.41) is 10.2. The van der Waals surface area contributed by atoms with Gasteiger partial charge in [0.1, 0.15) is 6.54 Å². The highest BCUT2D eigenvalue weighted by molar-refractivity contribution is 5.75. The second-order valence-corrected chi connectivity index (χ2v) is 4.49. The Morgan fingerprint density at radius 1 is 1.50 bits per heavy atom. The average molecular weight is 252 g/mol. The summed E-state index contributed by atoms with van der Waals surface area (Å²) in [6.07, 6.45) is 8.38. The molecule has 0 saturated heterocycles. The maximum Gasteiger partial charge on any atom is 0.241 e. The van der Waals surface area contributed by atoms with Gasteiger partial charge in [0.2, 0.25) is 5.91 Å². The summed E-state index contributed by atoms with van der Waals surface area (Å²) >= 11 is 0. The zero-order valence-electron chi connectivity index (χ0n) is 11.6. The fraction of sp³-hybridized carbons (Fsp3) is 0.692. The van der Waals surface area contributed by atoms with E-state index in [4.69, 9.17) is 0 Å². The fourth-order valence-corrected chi connectivity index (χ4v) is 1.82. The Hall–Kier alpha value is -1.52. The summed E-state index contributed by atoms with van der Waals surface area (Å²) in [7, 11) is 1.63. The predicted molar refractivity (Wildman–Crippen MR) is 73.5 cm³/mol. The molecule has 1 aromatic rings. The molecule has 102 valence electrons. The molecule has 1 aromatic heterocycles. The van der Waals surface area contributed by atoms with Gasteiger partial charge in [0, 0.05) is 19.3 Å². The first-order valence-electron chi connectivity index (χ1n) is 6.69. The third-order valence-electron chi connectivity index (χ3n) is 2.99. The Kier molecular flexibility index (Phi) is 6.25. The molecule has 1 unspecified atom stereocenters. The lowest BCUT2D eigenvalue weighted by molar-refractivity contribution is -0.121. The number of hydrogen-bond acceptors (Lipinski definition) is 3. The second kappa shape index (κ2) is 7.74. The number of nitrogens with zero attached hydrogens (tertiary/aromatic N) is 2. The highest BCUT2D eigenvalue weighted by atomic mass is 16.1. The molecule has 1 rings (SSSR count). The highest BCUT2D eigenvalue weighted by Crippen LogP contribution is 2.12. The maximum atomic E-state index is 11.2. The van der Waals surface area contributed by atoms with E-state index in [1.807, 2.05) is 6.20 Å². The van der Waals surface area contributed by atoms with Gasteiger partial charge in [-0.05, 0) is 12.8 Å².